The Labute approximate surface area is 172 Å². The van der Waals surface area contributed by atoms with E-state index in [0.717, 1.165) is 19.2 Å². The largest absolute Gasteiger partial charge is 0.484 e. The van der Waals surface area contributed by atoms with Crippen LogP contribution in [-0.4, -0.2) is 26.9 Å². The molecule has 12 heteroatoms. The van der Waals surface area contributed by atoms with E-state index in [4.69, 9.17) is 33.3 Å². The van der Waals surface area contributed by atoms with Crippen molar-refractivity contribution in [1.29, 1.82) is 0 Å². The van der Waals surface area contributed by atoms with Crippen molar-refractivity contribution in [3.63, 3.8) is 0 Å². The monoisotopic (exact) mass is 454 g/mol. The van der Waals surface area contributed by atoms with Gasteiger partial charge in [0.05, 0.1) is 17.3 Å². The van der Waals surface area contributed by atoms with Gasteiger partial charge in [0.25, 0.3) is 5.56 Å². The van der Waals surface area contributed by atoms with Gasteiger partial charge in [0, 0.05) is 19.2 Å². The molecule has 1 unspecified atom stereocenters. The number of thiocarbonyl (C=S) groups is 1. The van der Waals surface area contributed by atoms with E-state index >= 15 is 0 Å². The van der Waals surface area contributed by atoms with E-state index in [1.165, 1.54) is 6.92 Å². The van der Waals surface area contributed by atoms with Gasteiger partial charge in [-0.15, -0.1) is 0 Å². The molecular weight excluding hydrogens is 440 g/mol. The summed E-state index contributed by atoms with van der Waals surface area (Å²) in [5.41, 5.74) is -4.86. The maximum Gasteiger partial charge on any atom is 0.431 e. The van der Waals surface area contributed by atoms with Crippen LogP contribution in [0, 0.1) is 5.82 Å². The summed E-state index contributed by atoms with van der Waals surface area (Å²) in [6.07, 6.45) is -5.74. The fraction of sp³-hybridized carbons (Fsp3) is 0.353. The van der Waals surface area contributed by atoms with Crippen LogP contribution >= 0.6 is 23.8 Å². The average Bonchev–Trinajstić information content (AvgIpc) is 2.60. The topological polar surface area (TPSA) is 62.5 Å². The van der Waals surface area contributed by atoms with Gasteiger partial charge in [-0.2, -0.15) is 13.2 Å². The van der Waals surface area contributed by atoms with Gasteiger partial charge < -0.3 is 9.47 Å². The van der Waals surface area contributed by atoms with Crippen molar-refractivity contribution in [3.8, 4) is 11.4 Å². The molecule has 0 N–H and O–H groups in total. The highest BCUT2D eigenvalue weighted by molar-refractivity contribution is 7.80. The van der Waals surface area contributed by atoms with Crippen LogP contribution in [0.5, 0.6) is 5.75 Å². The molecule has 0 aliphatic carbocycles. The normalized spacial score (nSPS) is 12.6. The number of halogens is 5. The zero-order valence-corrected chi connectivity index (χ0v) is 16.9. The summed E-state index contributed by atoms with van der Waals surface area (Å²) >= 11 is 10.9. The van der Waals surface area contributed by atoms with Crippen LogP contribution in [-0.2, 0) is 18.0 Å². The van der Waals surface area contributed by atoms with E-state index in [1.807, 2.05) is 0 Å². The van der Waals surface area contributed by atoms with Crippen LogP contribution in [0.1, 0.15) is 19.5 Å². The lowest BCUT2D eigenvalue weighted by atomic mass is 10.2. The molecule has 0 saturated carbocycles. The van der Waals surface area contributed by atoms with Gasteiger partial charge in [0.1, 0.15) is 17.3 Å². The minimum absolute atomic E-state index is 0.0806. The number of hydrogen-bond donors (Lipinski definition) is 0. The molecule has 2 rings (SSSR count). The second-order valence-corrected chi connectivity index (χ2v) is 6.60. The third kappa shape index (κ3) is 4.78. The molecule has 0 bridgehead atoms. The lowest BCUT2D eigenvalue weighted by Gasteiger charge is -2.18. The molecule has 0 spiro atoms. The Hall–Kier alpha value is -2.40. The van der Waals surface area contributed by atoms with Crippen molar-refractivity contribution in [2.45, 2.75) is 26.1 Å². The number of nitrogens with zero attached hydrogens (tertiary/aromatic N) is 2. The molecule has 0 aliphatic rings. The molecule has 1 aromatic heterocycles. The van der Waals surface area contributed by atoms with Gasteiger partial charge >= 0.3 is 11.9 Å². The first-order valence-electron chi connectivity index (χ1n) is 8.11. The van der Waals surface area contributed by atoms with Gasteiger partial charge in [-0.05, 0) is 32.1 Å². The fourth-order valence-corrected chi connectivity index (χ4v) is 2.76. The maximum absolute atomic E-state index is 14.4. The highest BCUT2D eigenvalue weighted by atomic mass is 35.5. The van der Waals surface area contributed by atoms with E-state index in [1.54, 1.807) is 6.92 Å². The van der Waals surface area contributed by atoms with E-state index in [-0.39, 0.29) is 37.6 Å². The van der Waals surface area contributed by atoms with Crippen LogP contribution < -0.4 is 16.0 Å². The Morgan fingerprint density at radius 1 is 1.28 bits per heavy atom. The molecule has 0 radical (unpaired) electrons. The van der Waals surface area contributed by atoms with Gasteiger partial charge in [-0.25, -0.2) is 13.8 Å². The van der Waals surface area contributed by atoms with Crippen molar-refractivity contribution in [2.75, 3.05) is 6.61 Å². The third-order valence-corrected chi connectivity index (χ3v) is 4.52. The van der Waals surface area contributed by atoms with E-state index in [0.29, 0.717) is 0 Å². The van der Waals surface area contributed by atoms with Crippen molar-refractivity contribution >= 4 is 28.9 Å². The van der Waals surface area contributed by atoms with Crippen LogP contribution in [0.25, 0.3) is 5.69 Å². The van der Waals surface area contributed by atoms with Crippen LogP contribution in [0.4, 0.5) is 17.6 Å². The molecule has 158 valence electrons. The van der Waals surface area contributed by atoms with E-state index in [2.05, 4.69) is 0 Å². The molecule has 0 saturated heterocycles. The minimum atomic E-state index is -4.94. The summed E-state index contributed by atoms with van der Waals surface area (Å²) in [7, 11) is 0.814. The van der Waals surface area contributed by atoms with Gasteiger partial charge in [-0.1, -0.05) is 11.6 Å². The number of hydrogen-bond acceptors (Lipinski definition) is 5. The first kappa shape index (κ1) is 22.9. The van der Waals surface area contributed by atoms with Crippen LogP contribution in [0.3, 0.4) is 0 Å². The Balaban J connectivity index is 2.62. The van der Waals surface area contributed by atoms with Crippen molar-refractivity contribution in [2.24, 2.45) is 7.05 Å². The molecule has 29 heavy (non-hydrogen) atoms. The first-order valence-corrected chi connectivity index (χ1v) is 8.90. The molecule has 1 heterocycles. The number of ether oxygens (including phenoxy) is 2. The van der Waals surface area contributed by atoms with Crippen molar-refractivity contribution in [1.82, 2.24) is 9.13 Å². The molecule has 0 amide bonds. The summed E-state index contributed by atoms with van der Waals surface area (Å²) in [5, 5.41) is -0.119. The fourth-order valence-electron chi connectivity index (χ4n) is 2.40. The Kier molecular flexibility index (Phi) is 6.74. The zero-order valence-electron chi connectivity index (χ0n) is 15.3. The van der Waals surface area contributed by atoms with Gasteiger partial charge in [0.2, 0.25) is 5.05 Å². The minimum Gasteiger partial charge on any atom is -0.484 e. The summed E-state index contributed by atoms with van der Waals surface area (Å²) in [5.74, 6) is -1.26. The molecule has 1 aromatic carbocycles. The number of aromatic nitrogens is 2. The molecule has 0 fully saturated rings. The Morgan fingerprint density at radius 2 is 1.90 bits per heavy atom. The molecule has 2 aromatic rings. The second-order valence-electron chi connectivity index (χ2n) is 5.79. The van der Waals surface area contributed by atoms with Crippen LogP contribution in [0.15, 0.2) is 27.8 Å². The molecule has 1 atom stereocenters. The summed E-state index contributed by atoms with van der Waals surface area (Å²) in [6.45, 7) is 3.52. The highest BCUT2D eigenvalue weighted by Gasteiger charge is 2.35. The van der Waals surface area contributed by atoms with Crippen molar-refractivity contribution < 1.29 is 27.0 Å². The standard InChI is InChI=1S/C17H15ClF4N2O4S/c1-4-27-15(29)8(2)28-12-6-11(10(19)5-9(12)18)24-14(25)7-13(17(20,21)22)23(3)16(24)26/h5-8H,4H2,1-3H3. The van der Waals surface area contributed by atoms with Crippen LogP contribution in [0.2, 0.25) is 5.02 Å². The van der Waals surface area contributed by atoms with Gasteiger partial charge in [-0.3, -0.25) is 9.36 Å². The molecule has 6 nitrogen and oxygen atoms in total. The third-order valence-electron chi connectivity index (χ3n) is 3.78. The second kappa shape index (κ2) is 8.54. The zero-order chi connectivity index (χ0) is 22.1. The smallest absolute Gasteiger partial charge is 0.431 e. The lowest BCUT2D eigenvalue weighted by molar-refractivity contribution is -0.144. The van der Waals surface area contributed by atoms with Gasteiger partial charge in [0.15, 0.2) is 6.10 Å². The lowest BCUT2D eigenvalue weighted by Crippen LogP contribution is -2.41. The Bertz CT molecular complexity index is 1070. The average molecular weight is 455 g/mol. The maximum atomic E-state index is 14.4. The van der Waals surface area contributed by atoms with Crippen molar-refractivity contribution in [3.05, 3.63) is 55.6 Å². The van der Waals surface area contributed by atoms with E-state index < -0.39 is 40.7 Å². The Morgan fingerprint density at radius 3 is 2.45 bits per heavy atom. The molecule has 0 aliphatic heterocycles. The SMILES string of the molecule is CCOC(=S)C(C)Oc1cc(-n2c(=O)cc(C(F)(F)F)n(C)c2=O)c(F)cc1Cl. The number of benzene rings is 1. The number of rotatable bonds is 5. The number of alkyl halides is 3. The van der Waals surface area contributed by atoms with E-state index in [9.17, 15) is 27.2 Å². The summed E-state index contributed by atoms with van der Waals surface area (Å²) < 4.78 is 64.4. The quantitative estimate of drug-likeness (QED) is 0.511. The first-order chi connectivity index (χ1) is 13.4. The summed E-state index contributed by atoms with van der Waals surface area (Å²) in [6, 6.07) is 1.90. The predicted octanol–water partition coefficient (Wildman–Crippen LogP) is 3.48. The predicted molar refractivity (Wildman–Crippen MR) is 102 cm³/mol. The molecular formula is C17H15ClF4N2O4S. The summed E-state index contributed by atoms with van der Waals surface area (Å²) in [4.78, 5) is 24.6. The highest BCUT2D eigenvalue weighted by Crippen LogP contribution is 2.31.